The lowest BCUT2D eigenvalue weighted by molar-refractivity contribution is -0.139. The van der Waals surface area contributed by atoms with Crippen LogP contribution in [0.1, 0.15) is 168 Å². The van der Waals surface area contributed by atoms with Gasteiger partial charge in [0.1, 0.15) is 6.10 Å². The van der Waals surface area contributed by atoms with Crippen LogP contribution in [0.3, 0.4) is 0 Å². The van der Waals surface area contributed by atoms with Crippen LogP contribution in [-0.4, -0.2) is 70.1 Å². The van der Waals surface area contributed by atoms with Gasteiger partial charge in [-0.2, -0.15) is 0 Å². The Labute approximate surface area is 268 Å². The number of rotatable bonds is 25. The maximum Gasteiger partial charge on any atom is 0.334 e. The third-order valence-electron chi connectivity index (χ3n) is 10.1. The molecule has 7 heteroatoms. The highest BCUT2D eigenvalue weighted by Crippen LogP contribution is 2.34. The first-order chi connectivity index (χ1) is 21.4. The molecule has 0 aliphatic carbocycles. The van der Waals surface area contributed by atoms with E-state index in [4.69, 9.17) is 14.2 Å². The standard InChI is InChI=1S/C37H66O7/c1-3-4-13-19-30(38)20-16-17-22-32(40)34-24-26-36(44-34)35-25-23-33(43-35)31(39)21-15-12-10-8-6-5-7-9-11-14-18-29-27-28(2)42-37(29)41/h27-28,30-36,38-40H,3-26H2,1-2H3/t28-,30+,31-,32-,33+,34-,35-,36+/m1/s1. The van der Waals surface area contributed by atoms with Crippen LogP contribution in [0.15, 0.2) is 11.6 Å². The number of unbranched alkanes of at least 4 members (excludes halogenated alkanes) is 12. The Bertz CT molecular complexity index is 801. The van der Waals surface area contributed by atoms with Gasteiger partial charge >= 0.3 is 5.97 Å². The van der Waals surface area contributed by atoms with Gasteiger partial charge in [-0.15, -0.1) is 0 Å². The summed E-state index contributed by atoms with van der Waals surface area (Å²) < 4.78 is 17.7. The third-order valence-corrected chi connectivity index (χ3v) is 10.1. The van der Waals surface area contributed by atoms with Crippen molar-refractivity contribution in [3.63, 3.8) is 0 Å². The van der Waals surface area contributed by atoms with Crippen LogP contribution >= 0.6 is 0 Å². The van der Waals surface area contributed by atoms with Gasteiger partial charge in [0.2, 0.25) is 0 Å². The van der Waals surface area contributed by atoms with Crippen molar-refractivity contribution in [2.45, 2.75) is 217 Å². The topological polar surface area (TPSA) is 105 Å². The summed E-state index contributed by atoms with van der Waals surface area (Å²) in [6.45, 7) is 4.09. The van der Waals surface area contributed by atoms with Crippen LogP contribution in [0.4, 0.5) is 0 Å². The van der Waals surface area contributed by atoms with Crippen LogP contribution in [0.25, 0.3) is 0 Å². The zero-order valence-electron chi connectivity index (χ0n) is 28.1. The molecule has 44 heavy (non-hydrogen) atoms. The lowest BCUT2D eigenvalue weighted by atomic mass is 10.00. The van der Waals surface area contributed by atoms with Gasteiger partial charge < -0.3 is 29.5 Å². The Morgan fingerprint density at radius 1 is 0.659 bits per heavy atom. The van der Waals surface area contributed by atoms with Crippen LogP contribution < -0.4 is 0 Å². The predicted octanol–water partition coefficient (Wildman–Crippen LogP) is 7.86. The van der Waals surface area contributed by atoms with Crippen molar-refractivity contribution >= 4 is 5.97 Å². The van der Waals surface area contributed by atoms with Gasteiger partial charge in [0.25, 0.3) is 0 Å². The summed E-state index contributed by atoms with van der Waals surface area (Å²) in [6.07, 6.45) is 25.8. The summed E-state index contributed by atoms with van der Waals surface area (Å²) >= 11 is 0. The van der Waals surface area contributed by atoms with Crippen molar-refractivity contribution in [1.29, 1.82) is 0 Å². The minimum Gasteiger partial charge on any atom is -0.455 e. The summed E-state index contributed by atoms with van der Waals surface area (Å²) in [4.78, 5) is 11.6. The van der Waals surface area contributed by atoms with Gasteiger partial charge in [0, 0.05) is 5.57 Å². The van der Waals surface area contributed by atoms with Gasteiger partial charge in [-0.05, 0) is 77.2 Å². The molecule has 256 valence electrons. The van der Waals surface area contributed by atoms with E-state index in [9.17, 15) is 20.1 Å². The molecule has 0 spiro atoms. The van der Waals surface area contributed by atoms with E-state index in [-0.39, 0.29) is 42.6 Å². The van der Waals surface area contributed by atoms with E-state index >= 15 is 0 Å². The predicted molar refractivity (Wildman–Crippen MR) is 175 cm³/mol. The molecule has 3 rings (SSSR count). The molecule has 0 saturated carbocycles. The second kappa shape index (κ2) is 21.7. The minimum atomic E-state index is -0.447. The Balaban J connectivity index is 1.13. The summed E-state index contributed by atoms with van der Waals surface area (Å²) in [5.41, 5.74) is 0.863. The smallest absolute Gasteiger partial charge is 0.334 e. The van der Waals surface area contributed by atoms with Crippen LogP contribution in [0, 0.1) is 0 Å². The number of aliphatic hydroxyl groups excluding tert-OH is 3. The third kappa shape index (κ3) is 14.2. The molecule has 0 radical (unpaired) electrons. The number of ether oxygens (including phenoxy) is 3. The second-order valence-electron chi connectivity index (χ2n) is 14.0. The molecule has 8 atom stereocenters. The molecule has 0 unspecified atom stereocenters. The first-order valence-electron chi connectivity index (χ1n) is 18.6. The SMILES string of the molecule is CCCCC[C@H](O)CCCC[C@@H](O)[C@H]1CC[C@@H]([C@H]2CC[C@@H]([C@H](O)CCCCCCCCCCCCC3=C[C@@H](C)OC3=O)O2)O1. The van der Waals surface area contributed by atoms with Crippen LogP contribution in [0.5, 0.6) is 0 Å². The van der Waals surface area contributed by atoms with E-state index in [0.29, 0.717) is 0 Å². The number of hydrogen-bond acceptors (Lipinski definition) is 7. The molecule has 3 heterocycles. The number of cyclic esters (lactones) is 1. The average molecular weight is 623 g/mol. The van der Waals surface area contributed by atoms with Gasteiger partial charge in [0.15, 0.2) is 0 Å². The largest absolute Gasteiger partial charge is 0.455 e. The Hall–Kier alpha value is -0.990. The first kappa shape index (κ1) is 37.5. The highest BCUT2D eigenvalue weighted by Gasteiger charge is 2.40. The quantitative estimate of drug-likeness (QED) is 0.0703. The number of aliphatic hydroxyl groups is 3. The number of carbonyl (C=O) groups excluding carboxylic acids is 1. The van der Waals surface area contributed by atoms with Gasteiger partial charge in [-0.25, -0.2) is 4.79 Å². The zero-order chi connectivity index (χ0) is 31.6. The van der Waals surface area contributed by atoms with E-state index in [0.717, 1.165) is 95.5 Å². The summed E-state index contributed by atoms with van der Waals surface area (Å²) in [6, 6.07) is 0. The average Bonchev–Trinajstić information content (AvgIpc) is 3.76. The van der Waals surface area contributed by atoms with E-state index in [1.165, 1.54) is 64.2 Å². The van der Waals surface area contributed by atoms with Crippen molar-refractivity contribution in [2.24, 2.45) is 0 Å². The number of carbonyl (C=O) groups is 1. The molecule has 0 aromatic rings. The first-order valence-corrected chi connectivity index (χ1v) is 18.6. The van der Waals surface area contributed by atoms with E-state index in [1.54, 1.807) is 0 Å². The van der Waals surface area contributed by atoms with Crippen molar-refractivity contribution in [2.75, 3.05) is 0 Å². The Kier molecular flexibility index (Phi) is 18.5. The highest BCUT2D eigenvalue weighted by atomic mass is 16.6. The fourth-order valence-electron chi connectivity index (χ4n) is 7.27. The van der Waals surface area contributed by atoms with Crippen molar-refractivity contribution < 1.29 is 34.3 Å². The maximum absolute atomic E-state index is 11.6. The van der Waals surface area contributed by atoms with Gasteiger partial charge in [-0.3, -0.25) is 0 Å². The van der Waals surface area contributed by atoms with E-state index in [1.807, 2.05) is 13.0 Å². The van der Waals surface area contributed by atoms with Crippen molar-refractivity contribution in [3.05, 3.63) is 11.6 Å². The minimum absolute atomic E-state index is 0.0274. The summed E-state index contributed by atoms with van der Waals surface area (Å²) in [5, 5.41) is 31.5. The second-order valence-corrected chi connectivity index (χ2v) is 14.0. The monoisotopic (exact) mass is 622 g/mol. The molecule has 3 aliphatic heterocycles. The van der Waals surface area contributed by atoms with Crippen molar-refractivity contribution in [3.8, 4) is 0 Å². The maximum atomic E-state index is 11.6. The molecule has 0 aromatic heterocycles. The number of hydrogen-bond donors (Lipinski definition) is 3. The molecule has 2 saturated heterocycles. The van der Waals surface area contributed by atoms with Crippen LogP contribution in [0.2, 0.25) is 0 Å². The fraction of sp³-hybridized carbons (Fsp3) is 0.919. The molecule has 0 aromatic carbocycles. The highest BCUT2D eigenvalue weighted by molar-refractivity contribution is 5.90. The van der Waals surface area contributed by atoms with Gasteiger partial charge in [-0.1, -0.05) is 96.8 Å². The normalized spacial score (nSPS) is 27.4. The molecule has 0 bridgehead atoms. The Morgan fingerprint density at radius 3 is 1.61 bits per heavy atom. The summed E-state index contributed by atoms with van der Waals surface area (Å²) in [5.74, 6) is -0.123. The molecule has 2 fully saturated rings. The molecular weight excluding hydrogens is 556 g/mol. The van der Waals surface area contributed by atoms with Crippen molar-refractivity contribution in [1.82, 2.24) is 0 Å². The molecule has 3 N–H and O–H groups in total. The lowest BCUT2D eigenvalue weighted by Crippen LogP contribution is -2.33. The summed E-state index contributed by atoms with van der Waals surface area (Å²) in [7, 11) is 0. The molecular formula is C37H66O7. The van der Waals surface area contributed by atoms with Gasteiger partial charge in [0.05, 0.1) is 42.7 Å². The van der Waals surface area contributed by atoms with Crippen LogP contribution in [-0.2, 0) is 19.0 Å². The molecule has 7 nitrogen and oxygen atoms in total. The molecule has 0 amide bonds. The lowest BCUT2D eigenvalue weighted by Gasteiger charge is -2.24. The fourth-order valence-corrected chi connectivity index (χ4v) is 7.27. The molecule has 3 aliphatic rings. The number of esters is 1. The van der Waals surface area contributed by atoms with E-state index in [2.05, 4.69) is 6.92 Å². The zero-order valence-corrected chi connectivity index (χ0v) is 28.1. The Morgan fingerprint density at radius 2 is 1.11 bits per heavy atom. The van der Waals surface area contributed by atoms with E-state index < -0.39 is 12.2 Å².